The van der Waals surface area contributed by atoms with E-state index in [1.165, 1.54) is 23.9 Å². The van der Waals surface area contributed by atoms with Crippen molar-refractivity contribution < 1.29 is 0 Å². The lowest BCUT2D eigenvalue weighted by molar-refractivity contribution is 0.728. The first-order valence-electron chi connectivity index (χ1n) is 4.64. The summed E-state index contributed by atoms with van der Waals surface area (Å²) in [5.41, 5.74) is 0.0526. The van der Waals surface area contributed by atoms with Gasteiger partial charge in [0.25, 0.3) is 5.56 Å². The molecule has 16 heavy (non-hydrogen) atoms. The van der Waals surface area contributed by atoms with Crippen molar-refractivity contribution in [2.45, 2.75) is 0 Å². The van der Waals surface area contributed by atoms with Crippen molar-refractivity contribution in [2.75, 3.05) is 0 Å². The van der Waals surface area contributed by atoms with Crippen LogP contribution in [0.5, 0.6) is 0 Å². The summed E-state index contributed by atoms with van der Waals surface area (Å²) in [5.74, 6) is 0. The maximum atomic E-state index is 11.8. The molecule has 0 fully saturated rings. The molecule has 0 bridgehead atoms. The second kappa shape index (κ2) is 4.09. The molecule has 0 unspecified atom stereocenters. The molecule has 5 heteroatoms. The smallest absolute Gasteiger partial charge is 0.269 e. The van der Waals surface area contributed by atoms with Crippen molar-refractivity contribution in [3.8, 4) is 5.69 Å². The van der Waals surface area contributed by atoms with E-state index in [4.69, 9.17) is 0 Å². The van der Waals surface area contributed by atoms with Crippen molar-refractivity contribution in [1.29, 1.82) is 0 Å². The lowest BCUT2D eigenvalue weighted by Crippen LogP contribution is -2.36. The van der Waals surface area contributed by atoms with E-state index in [0.29, 0.717) is 0 Å². The predicted octanol–water partition coefficient (Wildman–Crippen LogP) is 1.30. The first-order valence-corrected chi connectivity index (χ1v) is 5.43. The van der Waals surface area contributed by atoms with E-state index in [1.807, 2.05) is 18.2 Å². The number of benzene rings is 1. The fourth-order valence-electron chi connectivity index (χ4n) is 1.39. The minimum Gasteiger partial charge on any atom is -0.269 e. The molecule has 0 saturated carbocycles. The highest BCUT2D eigenvalue weighted by Crippen LogP contribution is 2.13. The van der Waals surface area contributed by atoms with Gasteiger partial charge in [-0.3, -0.25) is 13.9 Å². The van der Waals surface area contributed by atoms with Crippen LogP contribution in [0, 0.1) is 0 Å². The van der Waals surface area contributed by atoms with Crippen LogP contribution in [-0.4, -0.2) is 9.13 Å². The van der Waals surface area contributed by atoms with Gasteiger partial charge < -0.3 is 0 Å². The van der Waals surface area contributed by atoms with Crippen LogP contribution in [0.4, 0.5) is 0 Å². The molecule has 2 aromatic rings. The Balaban J connectivity index is 2.71. The first kappa shape index (κ1) is 10.9. The molecule has 0 saturated heterocycles. The molecule has 0 atom stereocenters. The van der Waals surface area contributed by atoms with E-state index in [1.54, 1.807) is 6.07 Å². The highest BCUT2D eigenvalue weighted by molar-refractivity contribution is 9.10. The Hall–Kier alpha value is -1.62. The van der Waals surface area contributed by atoms with Crippen molar-refractivity contribution in [1.82, 2.24) is 9.13 Å². The Labute approximate surface area is 99.9 Å². The van der Waals surface area contributed by atoms with Gasteiger partial charge in [0.15, 0.2) is 0 Å². The third kappa shape index (κ3) is 1.86. The van der Waals surface area contributed by atoms with Crippen LogP contribution in [0.15, 0.2) is 50.6 Å². The SMILES string of the molecule is Cn1c(=O)ccn(-c2cccc(Br)c2)c1=O. The summed E-state index contributed by atoms with van der Waals surface area (Å²) < 4.78 is 3.37. The van der Waals surface area contributed by atoms with Gasteiger partial charge in [-0.1, -0.05) is 22.0 Å². The zero-order valence-electron chi connectivity index (χ0n) is 8.55. The van der Waals surface area contributed by atoms with E-state index in [2.05, 4.69) is 15.9 Å². The van der Waals surface area contributed by atoms with Gasteiger partial charge in [-0.25, -0.2) is 4.79 Å². The van der Waals surface area contributed by atoms with Gasteiger partial charge >= 0.3 is 5.69 Å². The maximum Gasteiger partial charge on any atom is 0.335 e. The van der Waals surface area contributed by atoms with Crippen molar-refractivity contribution >= 4 is 15.9 Å². The first-order chi connectivity index (χ1) is 7.59. The van der Waals surface area contributed by atoms with Gasteiger partial charge in [-0.15, -0.1) is 0 Å². The van der Waals surface area contributed by atoms with E-state index in [-0.39, 0.29) is 11.2 Å². The minimum atomic E-state index is -0.356. The standard InChI is InChI=1S/C11H9BrN2O2/c1-13-10(15)5-6-14(11(13)16)9-4-2-3-8(12)7-9/h2-7H,1H3. The molecule has 0 aliphatic rings. The number of nitrogens with zero attached hydrogens (tertiary/aromatic N) is 2. The minimum absolute atomic E-state index is 0.309. The molecule has 0 N–H and O–H groups in total. The summed E-state index contributed by atoms with van der Waals surface area (Å²) >= 11 is 3.33. The maximum absolute atomic E-state index is 11.8. The summed E-state index contributed by atoms with van der Waals surface area (Å²) in [6.45, 7) is 0. The van der Waals surface area contributed by atoms with Crippen molar-refractivity contribution in [3.05, 3.63) is 61.8 Å². The number of hydrogen-bond donors (Lipinski definition) is 0. The second-order valence-electron chi connectivity index (χ2n) is 3.35. The second-order valence-corrected chi connectivity index (χ2v) is 4.26. The highest BCUT2D eigenvalue weighted by Gasteiger charge is 2.03. The van der Waals surface area contributed by atoms with E-state index >= 15 is 0 Å². The van der Waals surface area contributed by atoms with Crippen molar-refractivity contribution in [3.63, 3.8) is 0 Å². The molecule has 4 nitrogen and oxygen atoms in total. The molecule has 0 aliphatic carbocycles. The number of halogens is 1. The largest absolute Gasteiger partial charge is 0.335 e. The molecule has 1 heterocycles. The molecule has 0 radical (unpaired) electrons. The molecule has 2 rings (SSSR count). The number of aromatic nitrogens is 2. The van der Waals surface area contributed by atoms with Crippen LogP contribution in [-0.2, 0) is 7.05 Å². The quantitative estimate of drug-likeness (QED) is 0.790. The Bertz CT molecular complexity index is 643. The van der Waals surface area contributed by atoms with Crippen LogP contribution in [0.25, 0.3) is 5.69 Å². The summed E-state index contributed by atoms with van der Waals surface area (Å²) in [7, 11) is 1.46. The summed E-state index contributed by atoms with van der Waals surface area (Å²) in [6.07, 6.45) is 1.48. The number of rotatable bonds is 1. The Morgan fingerprint density at radius 1 is 1.19 bits per heavy atom. The molecule has 0 amide bonds. The fourth-order valence-corrected chi connectivity index (χ4v) is 1.78. The third-order valence-corrected chi connectivity index (χ3v) is 2.77. The predicted molar refractivity (Wildman–Crippen MR) is 65.0 cm³/mol. The van der Waals surface area contributed by atoms with E-state index in [9.17, 15) is 9.59 Å². The fraction of sp³-hybridized carbons (Fsp3) is 0.0909. The summed E-state index contributed by atoms with van der Waals surface area (Å²) in [4.78, 5) is 23.0. The van der Waals surface area contributed by atoms with Gasteiger partial charge in [0, 0.05) is 23.8 Å². The van der Waals surface area contributed by atoms with Crippen LogP contribution in [0.1, 0.15) is 0 Å². The van der Waals surface area contributed by atoms with Crippen LogP contribution >= 0.6 is 15.9 Å². The average Bonchev–Trinajstić information content (AvgIpc) is 2.26. The highest BCUT2D eigenvalue weighted by atomic mass is 79.9. The normalized spacial score (nSPS) is 10.4. The molecule has 0 spiro atoms. The Kier molecular flexibility index (Phi) is 2.78. The van der Waals surface area contributed by atoms with E-state index in [0.717, 1.165) is 14.7 Å². The molecule has 0 aliphatic heterocycles. The third-order valence-electron chi connectivity index (χ3n) is 2.28. The van der Waals surface area contributed by atoms with Crippen LogP contribution in [0.3, 0.4) is 0 Å². The van der Waals surface area contributed by atoms with Crippen LogP contribution < -0.4 is 11.2 Å². The molecular weight excluding hydrogens is 272 g/mol. The monoisotopic (exact) mass is 280 g/mol. The number of hydrogen-bond acceptors (Lipinski definition) is 2. The van der Waals surface area contributed by atoms with Gasteiger partial charge in [0.2, 0.25) is 0 Å². The zero-order valence-corrected chi connectivity index (χ0v) is 10.1. The average molecular weight is 281 g/mol. The Morgan fingerprint density at radius 3 is 2.62 bits per heavy atom. The van der Waals surface area contributed by atoms with Gasteiger partial charge in [0.05, 0.1) is 5.69 Å². The molecule has 1 aromatic carbocycles. The Morgan fingerprint density at radius 2 is 1.94 bits per heavy atom. The zero-order chi connectivity index (χ0) is 11.7. The summed E-state index contributed by atoms with van der Waals surface area (Å²) in [6, 6.07) is 8.68. The van der Waals surface area contributed by atoms with Gasteiger partial charge in [-0.2, -0.15) is 0 Å². The van der Waals surface area contributed by atoms with Crippen LogP contribution in [0.2, 0.25) is 0 Å². The topological polar surface area (TPSA) is 44.0 Å². The molecular formula is C11H9BrN2O2. The lowest BCUT2D eigenvalue weighted by atomic mass is 10.3. The van der Waals surface area contributed by atoms with Gasteiger partial charge in [0.1, 0.15) is 0 Å². The van der Waals surface area contributed by atoms with E-state index < -0.39 is 0 Å². The summed E-state index contributed by atoms with van der Waals surface area (Å²) in [5, 5.41) is 0. The molecule has 1 aromatic heterocycles. The van der Waals surface area contributed by atoms with Crippen molar-refractivity contribution in [2.24, 2.45) is 7.05 Å². The lowest BCUT2D eigenvalue weighted by Gasteiger charge is -2.06. The van der Waals surface area contributed by atoms with Gasteiger partial charge in [-0.05, 0) is 18.2 Å². The molecule has 82 valence electrons.